The molecule has 0 spiro atoms. The zero-order valence-corrected chi connectivity index (χ0v) is 18.1. The lowest BCUT2D eigenvalue weighted by molar-refractivity contribution is -0.136. The van der Waals surface area contributed by atoms with Gasteiger partial charge in [0.25, 0.3) is 0 Å². The first-order chi connectivity index (χ1) is 14.9. The Hall–Kier alpha value is -2.81. The van der Waals surface area contributed by atoms with Gasteiger partial charge in [-0.15, -0.1) is 0 Å². The maximum Gasteiger partial charge on any atom is 0.331 e. The van der Waals surface area contributed by atoms with E-state index in [9.17, 15) is 18.0 Å². The first-order valence-corrected chi connectivity index (χ1v) is 11.5. The number of carbonyl (C=O) groups excluding carboxylic acids is 2. The molecule has 8 heteroatoms. The Bertz CT molecular complexity index is 1040. The molecule has 164 valence electrons. The minimum Gasteiger partial charge on any atom is -0.454 e. The number of benzene rings is 2. The number of nitrogens with zero attached hydrogens (tertiary/aromatic N) is 1. The van der Waals surface area contributed by atoms with Gasteiger partial charge in [-0.3, -0.25) is 4.79 Å². The summed E-state index contributed by atoms with van der Waals surface area (Å²) in [6, 6.07) is 13.4. The number of hydrogen-bond acceptors (Lipinski definition) is 6. The second-order valence-corrected chi connectivity index (χ2v) is 8.94. The van der Waals surface area contributed by atoms with Gasteiger partial charge in [-0.1, -0.05) is 43.3 Å². The number of carbonyl (C=O) groups is 2. The van der Waals surface area contributed by atoms with Gasteiger partial charge >= 0.3 is 5.97 Å². The minimum absolute atomic E-state index is 0.189. The normalized spacial score (nSPS) is 15.1. The molecule has 1 fully saturated rings. The molecule has 0 bridgehead atoms. The third-order valence-corrected chi connectivity index (χ3v) is 6.84. The van der Waals surface area contributed by atoms with Crippen LogP contribution in [0.1, 0.15) is 28.4 Å². The van der Waals surface area contributed by atoms with E-state index in [0.29, 0.717) is 37.4 Å². The summed E-state index contributed by atoms with van der Waals surface area (Å²) >= 11 is 0. The maximum absolute atomic E-state index is 12.6. The van der Waals surface area contributed by atoms with Gasteiger partial charge in [-0.05, 0) is 35.8 Å². The molecule has 1 saturated heterocycles. The molecule has 1 heterocycles. The second kappa shape index (κ2) is 10.5. The highest BCUT2D eigenvalue weighted by molar-refractivity contribution is 7.89. The van der Waals surface area contributed by atoms with Gasteiger partial charge in [-0.2, -0.15) is 4.31 Å². The molecular weight excluding hydrogens is 418 g/mol. The number of sulfonamides is 1. The Labute approximate surface area is 182 Å². The number of aryl methyl sites for hydroxylation is 1. The van der Waals surface area contributed by atoms with Crippen LogP contribution < -0.4 is 0 Å². The van der Waals surface area contributed by atoms with Gasteiger partial charge in [0.1, 0.15) is 0 Å². The van der Waals surface area contributed by atoms with Crippen LogP contribution in [0.3, 0.4) is 0 Å². The van der Waals surface area contributed by atoms with Crippen molar-refractivity contribution < 1.29 is 27.5 Å². The fraction of sp³-hybridized carbons (Fsp3) is 0.304. The molecule has 0 saturated carbocycles. The van der Waals surface area contributed by atoms with E-state index in [1.165, 1.54) is 28.6 Å². The minimum atomic E-state index is -3.56. The van der Waals surface area contributed by atoms with Crippen molar-refractivity contribution in [1.29, 1.82) is 0 Å². The van der Waals surface area contributed by atoms with E-state index in [2.05, 4.69) is 0 Å². The van der Waals surface area contributed by atoms with Gasteiger partial charge in [0.05, 0.1) is 18.1 Å². The Morgan fingerprint density at radius 1 is 1.03 bits per heavy atom. The van der Waals surface area contributed by atoms with Crippen LogP contribution in [0, 0.1) is 0 Å². The van der Waals surface area contributed by atoms with Crippen LogP contribution in [-0.4, -0.2) is 57.4 Å². The van der Waals surface area contributed by atoms with Crippen molar-refractivity contribution in [3.05, 3.63) is 71.3 Å². The van der Waals surface area contributed by atoms with E-state index in [-0.39, 0.29) is 17.3 Å². The Balaban J connectivity index is 1.53. The van der Waals surface area contributed by atoms with Crippen molar-refractivity contribution in [3.8, 4) is 0 Å². The highest BCUT2D eigenvalue weighted by atomic mass is 32.2. The second-order valence-electron chi connectivity index (χ2n) is 7.00. The monoisotopic (exact) mass is 443 g/mol. The lowest BCUT2D eigenvalue weighted by Gasteiger charge is -2.26. The van der Waals surface area contributed by atoms with E-state index in [1.807, 2.05) is 19.1 Å². The van der Waals surface area contributed by atoms with Crippen LogP contribution in [0.15, 0.2) is 59.5 Å². The molecule has 1 aliphatic heterocycles. The molecule has 3 rings (SSSR count). The molecular formula is C23H25NO6S. The lowest BCUT2D eigenvalue weighted by Crippen LogP contribution is -2.40. The van der Waals surface area contributed by atoms with Crippen LogP contribution in [0.4, 0.5) is 0 Å². The summed E-state index contributed by atoms with van der Waals surface area (Å²) in [5, 5.41) is 0. The zero-order valence-electron chi connectivity index (χ0n) is 17.3. The van der Waals surface area contributed by atoms with Gasteiger partial charge in [-0.25, -0.2) is 13.2 Å². The fourth-order valence-corrected chi connectivity index (χ4v) is 4.45. The molecule has 31 heavy (non-hydrogen) atoms. The molecule has 0 aromatic heterocycles. The predicted octanol–water partition coefficient (Wildman–Crippen LogP) is 2.71. The summed E-state index contributed by atoms with van der Waals surface area (Å²) in [5.41, 5.74) is 2.26. The highest BCUT2D eigenvalue weighted by Gasteiger charge is 2.25. The number of ketones is 1. The smallest absolute Gasteiger partial charge is 0.331 e. The fourth-order valence-electron chi connectivity index (χ4n) is 3.05. The summed E-state index contributed by atoms with van der Waals surface area (Å²) < 4.78 is 36.8. The molecule has 1 aliphatic rings. The Morgan fingerprint density at radius 3 is 2.29 bits per heavy atom. The first kappa shape index (κ1) is 22.9. The van der Waals surface area contributed by atoms with Crippen LogP contribution in [-0.2, 0) is 30.7 Å². The Morgan fingerprint density at radius 2 is 1.68 bits per heavy atom. The highest BCUT2D eigenvalue weighted by Crippen LogP contribution is 2.18. The summed E-state index contributed by atoms with van der Waals surface area (Å²) in [7, 11) is -3.56. The molecule has 0 aliphatic carbocycles. The van der Waals surface area contributed by atoms with Gasteiger partial charge < -0.3 is 9.47 Å². The van der Waals surface area contributed by atoms with Crippen LogP contribution in [0.2, 0.25) is 0 Å². The molecule has 7 nitrogen and oxygen atoms in total. The number of morpholine rings is 1. The molecule has 0 radical (unpaired) electrons. The molecule has 0 N–H and O–H groups in total. The van der Waals surface area contributed by atoms with E-state index in [4.69, 9.17) is 9.47 Å². The largest absolute Gasteiger partial charge is 0.454 e. The summed E-state index contributed by atoms with van der Waals surface area (Å²) in [5.74, 6) is -0.925. The van der Waals surface area contributed by atoms with E-state index >= 15 is 0 Å². The van der Waals surface area contributed by atoms with Crippen molar-refractivity contribution >= 4 is 27.9 Å². The van der Waals surface area contributed by atoms with Crippen LogP contribution >= 0.6 is 0 Å². The molecule has 0 unspecified atom stereocenters. The Kier molecular flexibility index (Phi) is 7.73. The van der Waals surface area contributed by atoms with Crippen LogP contribution in [0.25, 0.3) is 6.08 Å². The van der Waals surface area contributed by atoms with Gasteiger partial charge in [0.2, 0.25) is 10.0 Å². The van der Waals surface area contributed by atoms with Crippen LogP contribution in [0.5, 0.6) is 0 Å². The lowest BCUT2D eigenvalue weighted by atomic mass is 10.1. The number of hydrogen-bond donors (Lipinski definition) is 0. The number of esters is 1. The average Bonchev–Trinajstić information content (AvgIpc) is 2.82. The quantitative estimate of drug-likeness (QED) is 0.354. The van der Waals surface area contributed by atoms with Crippen molar-refractivity contribution in [1.82, 2.24) is 4.31 Å². The number of rotatable bonds is 8. The van der Waals surface area contributed by atoms with Crippen molar-refractivity contribution in [2.75, 3.05) is 32.9 Å². The summed E-state index contributed by atoms with van der Waals surface area (Å²) in [6.45, 7) is 3.12. The molecule has 0 amide bonds. The first-order valence-electron chi connectivity index (χ1n) is 10.0. The maximum atomic E-state index is 12.6. The third kappa shape index (κ3) is 6.10. The van der Waals surface area contributed by atoms with Crippen molar-refractivity contribution in [3.63, 3.8) is 0 Å². The standard InChI is InChI=1S/C23H25NO6S/c1-2-18-3-8-20(9-4-18)22(25)17-30-23(26)12-7-19-5-10-21(11-6-19)31(27,28)24-13-15-29-16-14-24/h3-12H,2,13-17H2,1H3. The SMILES string of the molecule is CCc1ccc(C(=O)COC(=O)C=Cc2ccc(S(=O)(=O)N3CCOCC3)cc2)cc1. The molecule has 2 aromatic carbocycles. The number of Topliss-reactive ketones (excluding diaryl/α,β-unsaturated/α-hetero) is 1. The van der Waals surface area contributed by atoms with E-state index in [1.54, 1.807) is 24.3 Å². The zero-order chi connectivity index (χ0) is 22.3. The molecule has 2 aromatic rings. The van der Waals surface area contributed by atoms with E-state index < -0.39 is 16.0 Å². The predicted molar refractivity (Wildman–Crippen MR) is 116 cm³/mol. The van der Waals surface area contributed by atoms with Gasteiger partial charge in [0.15, 0.2) is 12.4 Å². The summed E-state index contributed by atoms with van der Waals surface area (Å²) in [4.78, 5) is 24.2. The van der Waals surface area contributed by atoms with E-state index in [0.717, 1.165) is 12.0 Å². The molecule has 0 atom stereocenters. The topological polar surface area (TPSA) is 90.0 Å². The van der Waals surface area contributed by atoms with Crippen molar-refractivity contribution in [2.24, 2.45) is 0 Å². The number of ether oxygens (including phenoxy) is 2. The third-order valence-electron chi connectivity index (χ3n) is 4.93. The van der Waals surface area contributed by atoms with Gasteiger partial charge in [0, 0.05) is 24.7 Å². The average molecular weight is 444 g/mol. The van der Waals surface area contributed by atoms with Crippen molar-refractivity contribution in [2.45, 2.75) is 18.2 Å². The summed E-state index contributed by atoms with van der Waals surface area (Å²) in [6.07, 6.45) is 3.60.